The van der Waals surface area contributed by atoms with Crippen molar-refractivity contribution in [2.45, 2.75) is 25.0 Å². The molecule has 0 amide bonds. The first-order valence-electron chi connectivity index (χ1n) is 7.73. The number of aliphatic hydroxyl groups excluding tert-OH is 1. The van der Waals surface area contributed by atoms with Crippen LogP contribution in [0.15, 0.2) is 36.5 Å². The van der Waals surface area contributed by atoms with Crippen LogP contribution in [0.2, 0.25) is 0 Å². The molecule has 0 saturated carbocycles. The van der Waals surface area contributed by atoms with Crippen LogP contribution in [-0.2, 0) is 13.6 Å². The van der Waals surface area contributed by atoms with E-state index in [9.17, 15) is 10.2 Å². The molecule has 1 aliphatic heterocycles. The fraction of sp³-hybridized carbons (Fsp3) is 0.471. The van der Waals surface area contributed by atoms with Gasteiger partial charge in [-0.1, -0.05) is 24.3 Å². The molecule has 0 unspecified atom stereocenters. The quantitative estimate of drug-likeness (QED) is 0.896. The summed E-state index contributed by atoms with van der Waals surface area (Å²) in [6.07, 6.45) is 3.38. The second-order valence-corrected chi connectivity index (χ2v) is 6.19. The molecular weight excluding hydrogens is 278 g/mol. The van der Waals surface area contributed by atoms with Crippen LogP contribution in [0, 0.1) is 0 Å². The van der Waals surface area contributed by atoms with Crippen LogP contribution in [0.3, 0.4) is 0 Å². The first kappa shape index (κ1) is 15.2. The molecule has 22 heavy (non-hydrogen) atoms. The second-order valence-electron chi connectivity index (χ2n) is 6.19. The standard InChI is InChI=1S/C17H23N3O2/c1-19-16(7-9-18-19)15-6-3-2-5-14(15)11-20-10-4-8-17(22,12-20)13-21/h2-3,5-7,9,21-22H,4,8,10-13H2,1H3/t17-/m0/s1. The highest BCUT2D eigenvalue weighted by molar-refractivity contribution is 5.63. The fourth-order valence-electron chi connectivity index (χ4n) is 3.26. The number of aryl methyl sites for hydroxylation is 1. The van der Waals surface area contributed by atoms with E-state index >= 15 is 0 Å². The molecule has 5 nitrogen and oxygen atoms in total. The summed E-state index contributed by atoms with van der Waals surface area (Å²) in [6.45, 7) is 2.06. The van der Waals surface area contributed by atoms with Crippen molar-refractivity contribution < 1.29 is 10.2 Å². The summed E-state index contributed by atoms with van der Waals surface area (Å²) < 4.78 is 1.87. The monoisotopic (exact) mass is 301 g/mol. The molecule has 1 saturated heterocycles. The van der Waals surface area contributed by atoms with Crippen LogP contribution in [0.25, 0.3) is 11.3 Å². The summed E-state index contributed by atoms with van der Waals surface area (Å²) >= 11 is 0. The zero-order chi connectivity index (χ0) is 15.6. The van der Waals surface area contributed by atoms with Gasteiger partial charge in [-0.2, -0.15) is 5.10 Å². The first-order chi connectivity index (χ1) is 10.6. The van der Waals surface area contributed by atoms with E-state index in [2.05, 4.69) is 22.1 Å². The molecular formula is C17H23N3O2. The lowest BCUT2D eigenvalue weighted by Crippen LogP contribution is -2.50. The van der Waals surface area contributed by atoms with E-state index in [0.717, 1.165) is 25.2 Å². The van der Waals surface area contributed by atoms with Crippen molar-refractivity contribution >= 4 is 0 Å². The van der Waals surface area contributed by atoms with Gasteiger partial charge in [-0.25, -0.2) is 0 Å². The summed E-state index contributed by atoms with van der Waals surface area (Å²) in [5.41, 5.74) is 2.51. The maximum Gasteiger partial charge on any atom is 0.100 e. The van der Waals surface area contributed by atoms with E-state index in [0.29, 0.717) is 13.0 Å². The maximum atomic E-state index is 10.3. The molecule has 0 aliphatic carbocycles. The van der Waals surface area contributed by atoms with Gasteiger partial charge in [0.15, 0.2) is 0 Å². The third kappa shape index (κ3) is 3.06. The number of benzene rings is 1. The molecule has 1 aromatic carbocycles. The van der Waals surface area contributed by atoms with E-state index in [1.54, 1.807) is 6.20 Å². The molecule has 1 fully saturated rings. The summed E-state index contributed by atoms with van der Waals surface area (Å²) in [5, 5.41) is 24.0. The molecule has 1 aliphatic rings. The van der Waals surface area contributed by atoms with E-state index in [1.165, 1.54) is 11.1 Å². The molecule has 1 aromatic heterocycles. The highest BCUT2D eigenvalue weighted by Gasteiger charge is 2.32. The lowest BCUT2D eigenvalue weighted by Gasteiger charge is -2.38. The van der Waals surface area contributed by atoms with Crippen LogP contribution >= 0.6 is 0 Å². The van der Waals surface area contributed by atoms with Crippen LogP contribution in [0.5, 0.6) is 0 Å². The Morgan fingerprint density at radius 2 is 2.09 bits per heavy atom. The van der Waals surface area contributed by atoms with Crippen molar-refractivity contribution in [1.82, 2.24) is 14.7 Å². The Hall–Kier alpha value is -1.69. The number of piperidine rings is 1. The minimum absolute atomic E-state index is 0.174. The molecule has 1 atom stereocenters. The van der Waals surface area contributed by atoms with Crippen molar-refractivity contribution in [3.8, 4) is 11.3 Å². The molecule has 2 N–H and O–H groups in total. The van der Waals surface area contributed by atoms with Crippen LogP contribution < -0.4 is 0 Å². The number of aliphatic hydroxyl groups is 2. The third-order valence-electron chi connectivity index (χ3n) is 4.44. The molecule has 2 heterocycles. The number of nitrogens with zero attached hydrogens (tertiary/aromatic N) is 3. The minimum Gasteiger partial charge on any atom is -0.393 e. The maximum absolute atomic E-state index is 10.3. The Bertz CT molecular complexity index is 640. The van der Waals surface area contributed by atoms with Crippen LogP contribution in [0.1, 0.15) is 18.4 Å². The number of β-amino-alcohol motifs (C(OH)–C–C–N with tert-alkyl or cyclic N) is 1. The SMILES string of the molecule is Cn1nccc1-c1ccccc1CN1CCC[C@@](O)(CO)C1. The molecule has 118 valence electrons. The van der Waals surface area contributed by atoms with Gasteiger partial charge >= 0.3 is 0 Å². The van der Waals surface area contributed by atoms with Crippen LogP contribution in [-0.4, -0.2) is 50.2 Å². The van der Waals surface area contributed by atoms with E-state index in [4.69, 9.17) is 0 Å². The lowest BCUT2D eigenvalue weighted by molar-refractivity contribution is -0.0686. The van der Waals surface area contributed by atoms with Crippen molar-refractivity contribution in [2.24, 2.45) is 7.05 Å². The van der Waals surface area contributed by atoms with E-state index in [1.807, 2.05) is 29.9 Å². The van der Waals surface area contributed by atoms with Crippen molar-refractivity contribution in [2.75, 3.05) is 19.7 Å². The van der Waals surface area contributed by atoms with Gasteiger partial charge in [-0.15, -0.1) is 0 Å². The average molecular weight is 301 g/mol. The number of hydrogen-bond donors (Lipinski definition) is 2. The van der Waals surface area contributed by atoms with Gasteiger partial charge in [-0.05, 0) is 31.0 Å². The number of likely N-dealkylation sites (tertiary alicyclic amines) is 1. The van der Waals surface area contributed by atoms with E-state index < -0.39 is 5.60 Å². The minimum atomic E-state index is -0.959. The lowest BCUT2D eigenvalue weighted by atomic mass is 9.93. The van der Waals surface area contributed by atoms with Crippen molar-refractivity contribution in [3.63, 3.8) is 0 Å². The van der Waals surface area contributed by atoms with Gasteiger partial charge in [0.25, 0.3) is 0 Å². The molecule has 0 radical (unpaired) electrons. The smallest absolute Gasteiger partial charge is 0.100 e. The fourth-order valence-corrected chi connectivity index (χ4v) is 3.26. The van der Waals surface area contributed by atoms with Gasteiger partial charge in [0.2, 0.25) is 0 Å². The highest BCUT2D eigenvalue weighted by atomic mass is 16.3. The number of rotatable bonds is 4. The predicted molar refractivity (Wildman–Crippen MR) is 85.2 cm³/mol. The zero-order valence-corrected chi connectivity index (χ0v) is 12.9. The second kappa shape index (κ2) is 6.20. The largest absolute Gasteiger partial charge is 0.393 e. The molecule has 5 heteroatoms. The topological polar surface area (TPSA) is 61.5 Å². The Labute approximate surface area is 130 Å². The molecule has 0 spiro atoms. The van der Waals surface area contributed by atoms with Gasteiger partial charge in [0.1, 0.15) is 5.60 Å². The van der Waals surface area contributed by atoms with Gasteiger partial charge in [0, 0.05) is 31.9 Å². The van der Waals surface area contributed by atoms with Gasteiger partial charge < -0.3 is 10.2 Å². The molecule has 0 bridgehead atoms. The molecule has 2 aromatic rings. The third-order valence-corrected chi connectivity index (χ3v) is 4.44. The van der Waals surface area contributed by atoms with Crippen molar-refractivity contribution in [1.29, 1.82) is 0 Å². The van der Waals surface area contributed by atoms with E-state index in [-0.39, 0.29) is 6.61 Å². The summed E-state index contributed by atoms with van der Waals surface area (Å²) in [7, 11) is 1.94. The Morgan fingerprint density at radius 1 is 1.27 bits per heavy atom. The van der Waals surface area contributed by atoms with Crippen LogP contribution in [0.4, 0.5) is 0 Å². The Morgan fingerprint density at radius 3 is 2.82 bits per heavy atom. The summed E-state index contributed by atoms with van der Waals surface area (Å²) in [6, 6.07) is 10.3. The van der Waals surface area contributed by atoms with Crippen molar-refractivity contribution in [3.05, 3.63) is 42.1 Å². The summed E-state index contributed by atoms with van der Waals surface area (Å²) in [5.74, 6) is 0. The summed E-state index contributed by atoms with van der Waals surface area (Å²) in [4.78, 5) is 2.22. The Kier molecular flexibility index (Phi) is 4.29. The Balaban J connectivity index is 1.83. The predicted octanol–water partition coefficient (Wildman–Crippen LogP) is 1.41. The number of hydrogen-bond acceptors (Lipinski definition) is 4. The molecule has 3 rings (SSSR count). The average Bonchev–Trinajstić information content (AvgIpc) is 2.94. The normalized spacial score (nSPS) is 22.9. The highest BCUT2D eigenvalue weighted by Crippen LogP contribution is 2.27. The first-order valence-corrected chi connectivity index (χ1v) is 7.73. The van der Waals surface area contributed by atoms with Gasteiger partial charge in [0.05, 0.1) is 12.3 Å². The number of aromatic nitrogens is 2. The van der Waals surface area contributed by atoms with Gasteiger partial charge in [-0.3, -0.25) is 9.58 Å². The zero-order valence-electron chi connectivity index (χ0n) is 12.9.